The van der Waals surface area contributed by atoms with E-state index in [0.717, 1.165) is 0 Å². The molecule has 3 rings (SSSR count). The second-order valence-electron chi connectivity index (χ2n) is 7.54. The maximum atomic E-state index is 12.9. The summed E-state index contributed by atoms with van der Waals surface area (Å²) in [6.45, 7) is -0.295. The summed E-state index contributed by atoms with van der Waals surface area (Å²) in [4.78, 5) is 26.1. The predicted molar refractivity (Wildman–Crippen MR) is 106 cm³/mol. The zero-order valence-electron chi connectivity index (χ0n) is 17.2. The van der Waals surface area contributed by atoms with Gasteiger partial charge in [0.2, 0.25) is 5.91 Å². The first-order valence-corrected chi connectivity index (χ1v) is 9.99. The Hall–Kier alpha value is -3.24. The van der Waals surface area contributed by atoms with Crippen molar-refractivity contribution >= 4 is 17.5 Å². The highest BCUT2D eigenvalue weighted by atomic mass is 19.4. The number of halogens is 6. The van der Waals surface area contributed by atoms with Gasteiger partial charge in [0.15, 0.2) is 6.61 Å². The maximum Gasteiger partial charge on any atom is 0.416 e. The van der Waals surface area contributed by atoms with Gasteiger partial charge in [-0.1, -0.05) is 18.2 Å². The smallest absolute Gasteiger partial charge is 0.416 e. The number of anilines is 1. The first-order valence-electron chi connectivity index (χ1n) is 9.99. The standard InChI is InChI=1S/C22H20F6N2O3/c23-21(24,25)15-10-16(22(26,27)28)12-18(11-15)33-13-19(31)30-8-6-14(7-9-30)20(32)29-17-4-2-1-3-5-17/h1-5,10-12,14H,6-9,13H2,(H,29,32). The van der Waals surface area contributed by atoms with E-state index in [0.29, 0.717) is 30.7 Å². The summed E-state index contributed by atoms with van der Waals surface area (Å²) in [6.07, 6.45) is -9.28. The van der Waals surface area contributed by atoms with Crippen LogP contribution >= 0.6 is 0 Å². The van der Waals surface area contributed by atoms with E-state index in [-0.39, 0.29) is 31.0 Å². The number of hydrogen-bond donors (Lipinski definition) is 1. The van der Waals surface area contributed by atoms with Crippen molar-refractivity contribution < 1.29 is 40.7 Å². The van der Waals surface area contributed by atoms with Crippen LogP contribution in [-0.2, 0) is 21.9 Å². The first kappa shape index (κ1) is 24.4. The fourth-order valence-electron chi connectivity index (χ4n) is 3.40. The number of amides is 2. The van der Waals surface area contributed by atoms with Crippen molar-refractivity contribution in [3.05, 3.63) is 59.7 Å². The molecule has 0 aromatic heterocycles. The van der Waals surface area contributed by atoms with Crippen LogP contribution in [-0.4, -0.2) is 36.4 Å². The number of benzene rings is 2. The Balaban J connectivity index is 1.56. The molecule has 0 unspecified atom stereocenters. The van der Waals surface area contributed by atoms with Crippen molar-refractivity contribution in [3.8, 4) is 5.75 Å². The molecule has 0 bridgehead atoms. The van der Waals surface area contributed by atoms with Crippen LogP contribution in [0.2, 0.25) is 0 Å². The molecule has 1 fully saturated rings. The summed E-state index contributed by atoms with van der Waals surface area (Å²) in [7, 11) is 0. The number of piperidine rings is 1. The minimum Gasteiger partial charge on any atom is -0.484 e. The summed E-state index contributed by atoms with van der Waals surface area (Å²) in [5, 5.41) is 2.79. The van der Waals surface area contributed by atoms with E-state index in [2.05, 4.69) is 5.32 Å². The molecule has 178 valence electrons. The number of nitrogens with zero attached hydrogens (tertiary/aromatic N) is 1. The van der Waals surface area contributed by atoms with E-state index in [1.807, 2.05) is 6.07 Å². The molecule has 2 aromatic carbocycles. The number of ether oxygens (including phenoxy) is 1. The second-order valence-corrected chi connectivity index (χ2v) is 7.54. The van der Waals surface area contributed by atoms with E-state index in [9.17, 15) is 35.9 Å². The van der Waals surface area contributed by atoms with Gasteiger partial charge in [-0.2, -0.15) is 26.3 Å². The van der Waals surface area contributed by atoms with Crippen LogP contribution in [0.5, 0.6) is 5.75 Å². The number of likely N-dealkylation sites (tertiary alicyclic amines) is 1. The number of rotatable bonds is 5. The van der Waals surface area contributed by atoms with Crippen LogP contribution in [0.4, 0.5) is 32.0 Å². The molecular weight excluding hydrogens is 454 g/mol. The van der Waals surface area contributed by atoms with Crippen LogP contribution in [0.3, 0.4) is 0 Å². The zero-order valence-corrected chi connectivity index (χ0v) is 17.2. The van der Waals surface area contributed by atoms with Crippen molar-refractivity contribution in [2.24, 2.45) is 5.92 Å². The Morgan fingerprint density at radius 2 is 1.45 bits per heavy atom. The van der Waals surface area contributed by atoms with Gasteiger partial charge in [-0.05, 0) is 43.2 Å². The SMILES string of the molecule is O=C(Nc1ccccc1)C1CCN(C(=O)COc2cc(C(F)(F)F)cc(C(F)(F)F)c2)CC1. The van der Waals surface area contributed by atoms with Gasteiger partial charge in [-0.15, -0.1) is 0 Å². The van der Waals surface area contributed by atoms with Crippen molar-refractivity contribution in [1.29, 1.82) is 0 Å². The number of carbonyl (C=O) groups excluding carboxylic acids is 2. The molecule has 0 atom stereocenters. The Morgan fingerprint density at radius 1 is 0.909 bits per heavy atom. The summed E-state index contributed by atoms with van der Waals surface area (Å²) in [6, 6.07) is 9.67. The molecule has 1 aliphatic rings. The number of nitrogens with one attached hydrogen (secondary N) is 1. The van der Waals surface area contributed by atoms with E-state index < -0.39 is 41.7 Å². The maximum absolute atomic E-state index is 12.9. The van der Waals surface area contributed by atoms with Gasteiger partial charge in [0.25, 0.3) is 5.91 Å². The van der Waals surface area contributed by atoms with Gasteiger partial charge in [-0.25, -0.2) is 0 Å². The molecule has 5 nitrogen and oxygen atoms in total. The minimum atomic E-state index is -5.01. The fourth-order valence-corrected chi connectivity index (χ4v) is 3.40. The fraction of sp³-hybridized carbons (Fsp3) is 0.364. The zero-order chi connectivity index (χ0) is 24.2. The topological polar surface area (TPSA) is 58.6 Å². The van der Waals surface area contributed by atoms with Crippen LogP contribution in [0.15, 0.2) is 48.5 Å². The van der Waals surface area contributed by atoms with Gasteiger partial charge >= 0.3 is 12.4 Å². The average molecular weight is 474 g/mol. The number of para-hydroxylation sites is 1. The van der Waals surface area contributed by atoms with E-state index in [4.69, 9.17) is 4.74 Å². The normalized spacial score (nSPS) is 15.3. The van der Waals surface area contributed by atoms with Gasteiger partial charge in [0.05, 0.1) is 11.1 Å². The molecule has 0 radical (unpaired) electrons. The van der Waals surface area contributed by atoms with Crippen molar-refractivity contribution in [2.75, 3.05) is 25.0 Å². The molecule has 11 heteroatoms. The molecular formula is C22H20F6N2O3. The quantitative estimate of drug-likeness (QED) is 0.622. The van der Waals surface area contributed by atoms with Gasteiger partial charge < -0.3 is 15.0 Å². The van der Waals surface area contributed by atoms with Gasteiger partial charge in [0, 0.05) is 24.7 Å². The van der Waals surface area contributed by atoms with Crippen LogP contribution in [0.1, 0.15) is 24.0 Å². The molecule has 2 aromatic rings. The summed E-state index contributed by atoms with van der Waals surface area (Å²) >= 11 is 0. The summed E-state index contributed by atoms with van der Waals surface area (Å²) < 4.78 is 82.6. The Labute approximate surface area is 185 Å². The minimum absolute atomic E-state index is 0.0139. The lowest BCUT2D eigenvalue weighted by Gasteiger charge is -2.31. The largest absolute Gasteiger partial charge is 0.484 e. The molecule has 1 aliphatic heterocycles. The molecule has 1 N–H and O–H groups in total. The molecule has 2 amide bonds. The number of carbonyl (C=O) groups is 2. The number of alkyl halides is 6. The molecule has 0 aliphatic carbocycles. The van der Waals surface area contributed by atoms with E-state index in [1.165, 1.54) is 4.90 Å². The highest BCUT2D eigenvalue weighted by Crippen LogP contribution is 2.38. The highest BCUT2D eigenvalue weighted by Gasteiger charge is 2.37. The van der Waals surface area contributed by atoms with Crippen molar-refractivity contribution in [1.82, 2.24) is 4.90 Å². The lowest BCUT2D eigenvalue weighted by Crippen LogP contribution is -2.43. The Kier molecular flexibility index (Phi) is 7.19. The van der Waals surface area contributed by atoms with Crippen molar-refractivity contribution in [2.45, 2.75) is 25.2 Å². The van der Waals surface area contributed by atoms with Crippen LogP contribution < -0.4 is 10.1 Å². The third-order valence-corrected chi connectivity index (χ3v) is 5.18. The molecule has 1 saturated heterocycles. The third kappa shape index (κ3) is 6.62. The summed E-state index contributed by atoms with van der Waals surface area (Å²) in [5.41, 5.74) is -2.40. The highest BCUT2D eigenvalue weighted by molar-refractivity contribution is 5.92. The van der Waals surface area contributed by atoms with E-state index in [1.54, 1.807) is 24.3 Å². The monoisotopic (exact) mass is 474 g/mol. The average Bonchev–Trinajstić information content (AvgIpc) is 2.77. The lowest BCUT2D eigenvalue weighted by molar-refractivity contribution is -0.143. The molecule has 0 spiro atoms. The molecule has 1 heterocycles. The first-order chi connectivity index (χ1) is 15.4. The van der Waals surface area contributed by atoms with Gasteiger partial charge in [-0.3, -0.25) is 9.59 Å². The Bertz CT molecular complexity index is 952. The van der Waals surface area contributed by atoms with Crippen molar-refractivity contribution in [3.63, 3.8) is 0 Å². The van der Waals surface area contributed by atoms with E-state index >= 15 is 0 Å². The number of hydrogen-bond acceptors (Lipinski definition) is 3. The second kappa shape index (κ2) is 9.72. The third-order valence-electron chi connectivity index (χ3n) is 5.18. The van der Waals surface area contributed by atoms with Crippen LogP contribution in [0.25, 0.3) is 0 Å². The molecule has 0 saturated carbocycles. The van der Waals surface area contributed by atoms with Gasteiger partial charge in [0.1, 0.15) is 5.75 Å². The summed E-state index contributed by atoms with van der Waals surface area (Å²) in [5.74, 6) is -1.81. The van der Waals surface area contributed by atoms with Crippen LogP contribution in [0, 0.1) is 5.92 Å². The predicted octanol–water partition coefficient (Wildman–Crippen LogP) is 4.98. The Morgan fingerprint density at radius 3 is 1.97 bits per heavy atom. The lowest BCUT2D eigenvalue weighted by atomic mass is 9.95. The molecule has 33 heavy (non-hydrogen) atoms.